The van der Waals surface area contributed by atoms with E-state index >= 15 is 0 Å². The molecule has 0 radical (unpaired) electrons. The standard InChI is InChI=1S/C12H16BrN3O2/c13-11-2-1-9(5-12(11)16(17)18)7-15-4-3-10(6-14)8-15/h1-2,5,10H,3-4,6-8,14H2. The fourth-order valence-electron chi connectivity index (χ4n) is 2.30. The van der Waals surface area contributed by atoms with Crippen molar-refractivity contribution in [1.82, 2.24) is 4.90 Å². The summed E-state index contributed by atoms with van der Waals surface area (Å²) in [6.07, 6.45) is 1.12. The number of likely N-dealkylation sites (tertiary alicyclic amines) is 1. The van der Waals surface area contributed by atoms with E-state index in [9.17, 15) is 10.1 Å². The molecule has 1 unspecified atom stereocenters. The van der Waals surface area contributed by atoms with Crippen molar-refractivity contribution in [3.8, 4) is 0 Å². The fraction of sp³-hybridized carbons (Fsp3) is 0.500. The van der Waals surface area contributed by atoms with Crippen LogP contribution in [-0.4, -0.2) is 29.5 Å². The van der Waals surface area contributed by atoms with Crippen LogP contribution in [0, 0.1) is 16.0 Å². The molecule has 0 aliphatic carbocycles. The average Bonchev–Trinajstić information content (AvgIpc) is 2.79. The van der Waals surface area contributed by atoms with Crippen molar-refractivity contribution in [3.05, 3.63) is 38.3 Å². The monoisotopic (exact) mass is 313 g/mol. The van der Waals surface area contributed by atoms with Crippen LogP contribution in [0.5, 0.6) is 0 Å². The van der Waals surface area contributed by atoms with Gasteiger partial charge in [-0.1, -0.05) is 6.07 Å². The van der Waals surface area contributed by atoms with E-state index in [1.165, 1.54) is 0 Å². The maximum Gasteiger partial charge on any atom is 0.283 e. The van der Waals surface area contributed by atoms with Gasteiger partial charge in [-0.15, -0.1) is 0 Å². The van der Waals surface area contributed by atoms with Crippen LogP contribution in [0.25, 0.3) is 0 Å². The minimum Gasteiger partial charge on any atom is -0.330 e. The molecule has 18 heavy (non-hydrogen) atoms. The van der Waals surface area contributed by atoms with Crippen molar-refractivity contribution in [2.24, 2.45) is 11.7 Å². The topological polar surface area (TPSA) is 72.4 Å². The van der Waals surface area contributed by atoms with Crippen LogP contribution in [0.1, 0.15) is 12.0 Å². The van der Waals surface area contributed by atoms with Crippen molar-refractivity contribution >= 4 is 21.6 Å². The van der Waals surface area contributed by atoms with Gasteiger partial charge in [0, 0.05) is 19.2 Å². The van der Waals surface area contributed by atoms with Gasteiger partial charge in [-0.3, -0.25) is 15.0 Å². The SMILES string of the molecule is NCC1CCN(Cc2ccc(Br)c([N+](=O)[O-])c2)C1. The lowest BCUT2D eigenvalue weighted by Gasteiger charge is -2.15. The van der Waals surface area contributed by atoms with Crippen molar-refractivity contribution < 1.29 is 4.92 Å². The maximum atomic E-state index is 10.9. The normalized spacial score (nSPS) is 20.2. The molecule has 0 amide bonds. The smallest absolute Gasteiger partial charge is 0.283 e. The third-order valence-electron chi connectivity index (χ3n) is 3.32. The summed E-state index contributed by atoms with van der Waals surface area (Å²) in [5, 5.41) is 10.9. The molecule has 5 nitrogen and oxygen atoms in total. The lowest BCUT2D eigenvalue weighted by atomic mass is 10.1. The summed E-state index contributed by atoms with van der Waals surface area (Å²) in [5.74, 6) is 0.565. The predicted molar refractivity (Wildman–Crippen MR) is 73.2 cm³/mol. The van der Waals surface area contributed by atoms with Gasteiger partial charge in [-0.25, -0.2) is 0 Å². The molecule has 1 aliphatic rings. The Hall–Kier alpha value is -0.980. The molecular formula is C12H16BrN3O2. The molecule has 0 spiro atoms. The summed E-state index contributed by atoms with van der Waals surface area (Å²) < 4.78 is 0.525. The summed E-state index contributed by atoms with van der Waals surface area (Å²) in [6, 6.07) is 5.30. The number of rotatable bonds is 4. The average molecular weight is 314 g/mol. The largest absolute Gasteiger partial charge is 0.330 e. The third-order valence-corrected chi connectivity index (χ3v) is 3.99. The number of nitrogens with two attached hydrogens (primary N) is 1. The molecule has 6 heteroatoms. The summed E-state index contributed by atoms with van der Waals surface area (Å²) in [4.78, 5) is 12.8. The van der Waals surface area contributed by atoms with Gasteiger partial charge in [-0.2, -0.15) is 0 Å². The molecule has 1 aromatic rings. The highest BCUT2D eigenvalue weighted by Crippen LogP contribution is 2.27. The Morgan fingerprint density at radius 1 is 1.56 bits per heavy atom. The van der Waals surface area contributed by atoms with Crippen LogP contribution >= 0.6 is 15.9 Å². The van der Waals surface area contributed by atoms with E-state index in [1.54, 1.807) is 12.1 Å². The number of benzene rings is 1. The molecule has 1 aliphatic heterocycles. The molecule has 1 saturated heterocycles. The van der Waals surface area contributed by atoms with E-state index in [0.717, 1.165) is 38.2 Å². The van der Waals surface area contributed by atoms with Crippen LogP contribution in [-0.2, 0) is 6.54 Å². The van der Waals surface area contributed by atoms with E-state index in [2.05, 4.69) is 20.8 Å². The highest BCUT2D eigenvalue weighted by Gasteiger charge is 2.22. The molecule has 0 saturated carbocycles. The Bertz CT molecular complexity index is 453. The van der Waals surface area contributed by atoms with E-state index in [0.29, 0.717) is 10.4 Å². The molecule has 1 aromatic carbocycles. The van der Waals surface area contributed by atoms with E-state index < -0.39 is 0 Å². The van der Waals surface area contributed by atoms with Crippen molar-refractivity contribution in [1.29, 1.82) is 0 Å². The van der Waals surface area contributed by atoms with Gasteiger partial charge >= 0.3 is 0 Å². The van der Waals surface area contributed by atoms with E-state index in [4.69, 9.17) is 5.73 Å². The number of hydrogen-bond acceptors (Lipinski definition) is 4. The van der Waals surface area contributed by atoms with Crippen LogP contribution < -0.4 is 5.73 Å². The van der Waals surface area contributed by atoms with Crippen LogP contribution in [0.15, 0.2) is 22.7 Å². The zero-order chi connectivity index (χ0) is 13.1. The zero-order valence-electron chi connectivity index (χ0n) is 10.0. The highest BCUT2D eigenvalue weighted by atomic mass is 79.9. The predicted octanol–water partition coefficient (Wildman–Crippen LogP) is 2.14. The number of nitro benzene ring substituents is 1. The fourth-order valence-corrected chi connectivity index (χ4v) is 2.69. The van der Waals surface area contributed by atoms with Gasteiger partial charge < -0.3 is 5.73 Å². The Morgan fingerprint density at radius 3 is 2.94 bits per heavy atom. The number of nitro groups is 1. The molecular weight excluding hydrogens is 298 g/mol. The zero-order valence-corrected chi connectivity index (χ0v) is 11.6. The number of halogens is 1. The molecule has 2 rings (SSSR count). The lowest BCUT2D eigenvalue weighted by molar-refractivity contribution is -0.385. The van der Waals surface area contributed by atoms with Gasteiger partial charge in [0.25, 0.3) is 5.69 Å². The molecule has 0 bridgehead atoms. The first-order valence-electron chi connectivity index (χ1n) is 5.95. The second-order valence-corrected chi connectivity index (χ2v) is 5.52. The Kier molecular flexibility index (Phi) is 4.31. The lowest BCUT2D eigenvalue weighted by Crippen LogP contribution is -2.22. The van der Waals surface area contributed by atoms with Gasteiger partial charge in [-0.05, 0) is 53.0 Å². The summed E-state index contributed by atoms with van der Waals surface area (Å²) in [6.45, 7) is 3.48. The quantitative estimate of drug-likeness (QED) is 0.682. The summed E-state index contributed by atoms with van der Waals surface area (Å²) in [7, 11) is 0. The third kappa shape index (κ3) is 3.07. The van der Waals surface area contributed by atoms with Crippen molar-refractivity contribution in [3.63, 3.8) is 0 Å². The van der Waals surface area contributed by atoms with Crippen LogP contribution in [0.4, 0.5) is 5.69 Å². The molecule has 98 valence electrons. The van der Waals surface area contributed by atoms with Gasteiger partial charge in [0.05, 0.1) is 9.40 Å². The first kappa shape index (κ1) is 13.5. The Balaban J connectivity index is 2.06. The van der Waals surface area contributed by atoms with Crippen molar-refractivity contribution in [2.75, 3.05) is 19.6 Å². The Morgan fingerprint density at radius 2 is 2.33 bits per heavy atom. The molecule has 1 heterocycles. The second kappa shape index (κ2) is 5.77. The molecule has 2 N–H and O–H groups in total. The minimum atomic E-state index is -0.361. The first-order valence-corrected chi connectivity index (χ1v) is 6.74. The van der Waals surface area contributed by atoms with Crippen LogP contribution in [0.3, 0.4) is 0 Å². The highest BCUT2D eigenvalue weighted by molar-refractivity contribution is 9.10. The first-order chi connectivity index (χ1) is 8.60. The Labute approximate surface area is 114 Å². The van der Waals surface area contributed by atoms with E-state index in [1.807, 2.05) is 6.07 Å². The summed E-state index contributed by atoms with van der Waals surface area (Å²) >= 11 is 3.19. The maximum absolute atomic E-state index is 10.9. The number of hydrogen-bond donors (Lipinski definition) is 1. The van der Waals surface area contributed by atoms with Gasteiger partial charge in [0.2, 0.25) is 0 Å². The summed E-state index contributed by atoms with van der Waals surface area (Å²) in [5.41, 5.74) is 6.75. The second-order valence-electron chi connectivity index (χ2n) is 4.67. The molecule has 1 fully saturated rings. The van der Waals surface area contributed by atoms with E-state index in [-0.39, 0.29) is 10.6 Å². The molecule has 1 atom stereocenters. The van der Waals surface area contributed by atoms with Crippen molar-refractivity contribution in [2.45, 2.75) is 13.0 Å². The van der Waals surface area contributed by atoms with Gasteiger partial charge in [0.1, 0.15) is 0 Å². The number of nitrogens with zero attached hydrogens (tertiary/aromatic N) is 2. The van der Waals surface area contributed by atoms with Gasteiger partial charge in [0.15, 0.2) is 0 Å². The minimum absolute atomic E-state index is 0.127. The molecule has 0 aromatic heterocycles. The van der Waals surface area contributed by atoms with Crippen LogP contribution in [0.2, 0.25) is 0 Å².